The molecular weight excluding hydrogens is 585 g/mol. The molecule has 48 heavy (non-hydrogen) atoms. The van der Waals surface area contributed by atoms with Crippen LogP contribution in [-0.4, -0.2) is 19.1 Å². The molecular formula is C44H30N4. The molecule has 3 heterocycles. The zero-order valence-corrected chi connectivity index (χ0v) is 26.1. The summed E-state index contributed by atoms with van der Waals surface area (Å²) in [6.45, 7) is 0. The van der Waals surface area contributed by atoms with E-state index in [1.165, 1.54) is 10.9 Å². The molecule has 9 rings (SSSR count). The van der Waals surface area contributed by atoms with Crippen molar-refractivity contribution in [1.29, 1.82) is 0 Å². The van der Waals surface area contributed by atoms with E-state index in [0.29, 0.717) is 0 Å². The van der Waals surface area contributed by atoms with E-state index in [2.05, 4.69) is 161 Å². The number of nitrogens with zero attached hydrogens (tertiary/aromatic N) is 4. The van der Waals surface area contributed by atoms with E-state index < -0.39 is 0 Å². The number of benzene rings is 6. The number of fused-ring (bicyclic) bond motifs is 2. The number of rotatable bonds is 6. The number of aromatic nitrogens is 4. The van der Waals surface area contributed by atoms with Gasteiger partial charge in [0.1, 0.15) is 0 Å². The molecule has 9 aromatic rings. The lowest BCUT2D eigenvalue weighted by atomic mass is 9.93. The van der Waals surface area contributed by atoms with Gasteiger partial charge < -0.3 is 4.57 Å². The van der Waals surface area contributed by atoms with Gasteiger partial charge in [-0.1, -0.05) is 146 Å². The second-order valence-corrected chi connectivity index (χ2v) is 11.8. The Morgan fingerprint density at radius 2 is 0.812 bits per heavy atom. The summed E-state index contributed by atoms with van der Waals surface area (Å²) in [4.78, 5) is 9.98. The highest BCUT2D eigenvalue weighted by Gasteiger charge is 2.29. The van der Waals surface area contributed by atoms with Crippen LogP contribution in [-0.2, 0) is 0 Å². The standard InChI is InChI=1S/C44H30N4/c1-5-17-31(18-6-1)37-29-45-30-40(46-37)48-39-28-16-14-26-36(39)42(44(48)33-21-9-3-10-22-33)41-35-25-13-15-27-38(35)47(34-23-11-4-12-24-34)43(41)32-19-7-2-8-20-32/h1-30H. The summed E-state index contributed by atoms with van der Waals surface area (Å²) in [5, 5.41) is 2.33. The molecule has 226 valence electrons. The minimum Gasteiger partial charge on any atom is -0.309 e. The van der Waals surface area contributed by atoms with E-state index in [9.17, 15) is 0 Å². The van der Waals surface area contributed by atoms with E-state index in [0.717, 1.165) is 67.3 Å². The van der Waals surface area contributed by atoms with E-state index in [-0.39, 0.29) is 0 Å². The molecule has 0 radical (unpaired) electrons. The van der Waals surface area contributed by atoms with E-state index in [1.54, 1.807) is 0 Å². The van der Waals surface area contributed by atoms with Crippen molar-refractivity contribution in [3.8, 4) is 56.4 Å². The molecule has 0 aliphatic carbocycles. The van der Waals surface area contributed by atoms with E-state index in [1.807, 2.05) is 30.6 Å². The molecule has 0 amide bonds. The average Bonchev–Trinajstić information content (AvgIpc) is 3.69. The summed E-state index contributed by atoms with van der Waals surface area (Å²) in [5.41, 5.74) is 12.0. The van der Waals surface area contributed by atoms with Gasteiger partial charge in [0.15, 0.2) is 5.82 Å². The molecule has 4 heteroatoms. The van der Waals surface area contributed by atoms with Crippen LogP contribution in [0.15, 0.2) is 182 Å². The molecule has 4 nitrogen and oxygen atoms in total. The Morgan fingerprint density at radius 1 is 0.375 bits per heavy atom. The zero-order valence-electron chi connectivity index (χ0n) is 26.1. The first-order valence-corrected chi connectivity index (χ1v) is 16.2. The van der Waals surface area contributed by atoms with Crippen molar-refractivity contribution in [2.75, 3.05) is 0 Å². The first-order chi connectivity index (χ1) is 23.9. The van der Waals surface area contributed by atoms with Crippen LogP contribution in [0.1, 0.15) is 0 Å². The summed E-state index contributed by atoms with van der Waals surface area (Å²) in [6, 6.07) is 59.8. The third-order valence-corrected chi connectivity index (χ3v) is 9.03. The first kappa shape index (κ1) is 27.8. The molecule has 0 aliphatic heterocycles. The Labute approximate surface area is 278 Å². The lowest BCUT2D eigenvalue weighted by Crippen LogP contribution is -2.02. The van der Waals surface area contributed by atoms with Crippen molar-refractivity contribution < 1.29 is 0 Å². The smallest absolute Gasteiger partial charge is 0.156 e. The van der Waals surface area contributed by atoms with Gasteiger partial charge in [-0.05, 0) is 35.4 Å². The van der Waals surface area contributed by atoms with Crippen LogP contribution in [0.4, 0.5) is 0 Å². The molecule has 0 atom stereocenters. The number of para-hydroxylation sites is 3. The fourth-order valence-corrected chi connectivity index (χ4v) is 7.02. The summed E-state index contributed by atoms with van der Waals surface area (Å²) in [5.74, 6) is 0.769. The third-order valence-electron chi connectivity index (χ3n) is 9.03. The van der Waals surface area contributed by atoms with Crippen molar-refractivity contribution in [2.24, 2.45) is 0 Å². The Bertz CT molecular complexity index is 2530. The Morgan fingerprint density at radius 3 is 1.38 bits per heavy atom. The van der Waals surface area contributed by atoms with Gasteiger partial charge in [0, 0.05) is 33.2 Å². The quantitative estimate of drug-likeness (QED) is 0.187. The van der Waals surface area contributed by atoms with Crippen LogP contribution in [0.3, 0.4) is 0 Å². The predicted molar refractivity (Wildman–Crippen MR) is 197 cm³/mol. The predicted octanol–water partition coefficient (Wildman–Crippen LogP) is 11.0. The summed E-state index contributed by atoms with van der Waals surface area (Å²) < 4.78 is 4.71. The van der Waals surface area contributed by atoms with Crippen LogP contribution in [0.2, 0.25) is 0 Å². The lowest BCUT2D eigenvalue weighted by Gasteiger charge is -2.15. The van der Waals surface area contributed by atoms with Gasteiger partial charge in [0.05, 0.1) is 40.5 Å². The largest absolute Gasteiger partial charge is 0.309 e. The minimum atomic E-state index is 0.769. The van der Waals surface area contributed by atoms with Gasteiger partial charge in [-0.3, -0.25) is 9.55 Å². The Kier molecular flexibility index (Phi) is 6.76. The average molecular weight is 615 g/mol. The lowest BCUT2D eigenvalue weighted by molar-refractivity contribution is 1.02. The highest BCUT2D eigenvalue weighted by atomic mass is 15.1. The molecule has 0 N–H and O–H groups in total. The fourth-order valence-electron chi connectivity index (χ4n) is 7.02. The molecule has 0 saturated carbocycles. The van der Waals surface area contributed by atoms with Gasteiger partial charge in [-0.25, -0.2) is 4.98 Å². The van der Waals surface area contributed by atoms with Crippen LogP contribution >= 0.6 is 0 Å². The van der Waals surface area contributed by atoms with Gasteiger partial charge in [-0.15, -0.1) is 0 Å². The van der Waals surface area contributed by atoms with Crippen molar-refractivity contribution in [2.45, 2.75) is 0 Å². The maximum Gasteiger partial charge on any atom is 0.156 e. The Hall–Kier alpha value is -6.52. The normalized spacial score (nSPS) is 11.3. The zero-order chi connectivity index (χ0) is 31.9. The van der Waals surface area contributed by atoms with Gasteiger partial charge in [0.2, 0.25) is 0 Å². The number of hydrogen-bond acceptors (Lipinski definition) is 2. The van der Waals surface area contributed by atoms with Crippen LogP contribution in [0.5, 0.6) is 0 Å². The summed E-state index contributed by atoms with van der Waals surface area (Å²) in [6.07, 6.45) is 3.72. The Balaban J connectivity index is 1.46. The number of hydrogen-bond donors (Lipinski definition) is 0. The molecule has 0 bridgehead atoms. The maximum atomic E-state index is 5.25. The first-order valence-electron chi connectivity index (χ1n) is 16.2. The van der Waals surface area contributed by atoms with Crippen molar-refractivity contribution >= 4 is 21.8 Å². The molecule has 3 aromatic heterocycles. The highest BCUT2D eigenvalue weighted by molar-refractivity contribution is 6.16. The third kappa shape index (κ3) is 4.54. The van der Waals surface area contributed by atoms with Crippen molar-refractivity contribution in [1.82, 2.24) is 19.1 Å². The second-order valence-electron chi connectivity index (χ2n) is 11.8. The molecule has 0 unspecified atom stereocenters. The fraction of sp³-hybridized carbons (Fsp3) is 0. The van der Waals surface area contributed by atoms with E-state index in [4.69, 9.17) is 9.97 Å². The monoisotopic (exact) mass is 614 g/mol. The van der Waals surface area contributed by atoms with Gasteiger partial charge >= 0.3 is 0 Å². The molecule has 0 spiro atoms. The van der Waals surface area contributed by atoms with Gasteiger partial charge in [0.25, 0.3) is 0 Å². The molecule has 0 fully saturated rings. The van der Waals surface area contributed by atoms with Crippen LogP contribution in [0, 0.1) is 0 Å². The SMILES string of the molecule is c1ccc(-c2cncc(-n3c(-c4ccccc4)c(-c4c(-c5ccccc5)n(-c5ccccc5)c5ccccc45)c4ccccc43)n2)cc1. The molecule has 6 aromatic carbocycles. The van der Waals surface area contributed by atoms with Crippen molar-refractivity contribution in [3.63, 3.8) is 0 Å². The van der Waals surface area contributed by atoms with Crippen LogP contribution in [0.25, 0.3) is 78.2 Å². The summed E-state index contributed by atoms with van der Waals surface area (Å²) >= 11 is 0. The van der Waals surface area contributed by atoms with Gasteiger partial charge in [-0.2, -0.15) is 0 Å². The van der Waals surface area contributed by atoms with E-state index >= 15 is 0 Å². The van der Waals surface area contributed by atoms with Crippen LogP contribution < -0.4 is 0 Å². The minimum absolute atomic E-state index is 0.769. The summed E-state index contributed by atoms with van der Waals surface area (Å²) in [7, 11) is 0. The second kappa shape index (κ2) is 11.7. The topological polar surface area (TPSA) is 35.6 Å². The highest BCUT2D eigenvalue weighted by Crippen LogP contribution is 2.50. The molecule has 0 saturated heterocycles. The maximum absolute atomic E-state index is 5.25. The van der Waals surface area contributed by atoms with Crippen molar-refractivity contribution in [3.05, 3.63) is 182 Å². The molecule has 0 aliphatic rings.